The average molecular weight is 297 g/mol. The van der Waals surface area contributed by atoms with E-state index in [0.29, 0.717) is 6.54 Å². The highest BCUT2D eigenvalue weighted by atomic mass is 16.4. The second-order valence-corrected chi connectivity index (χ2v) is 6.09. The number of carbonyl (C=O) groups excluding carboxylic acids is 1. The van der Waals surface area contributed by atoms with Crippen molar-refractivity contribution in [2.75, 3.05) is 32.7 Å². The number of urea groups is 1. The Bertz CT molecular complexity index is 350. The first-order chi connectivity index (χ1) is 10.2. The predicted octanol–water partition coefficient (Wildman–Crippen LogP) is 1.51. The summed E-state index contributed by atoms with van der Waals surface area (Å²) in [5.41, 5.74) is 0. The summed E-state index contributed by atoms with van der Waals surface area (Å²) in [7, 11) is 0. The summed E-state index contributed by atoms with van der Waals surface area (Å²) in [6.45, 7) is 3.78. The normalized spacial score (nSPS) is 19.8. The van der Waals surface area contributed by atoms with Crippen molar-refractivity contribution in [2.24, 2.45) is 0 Å². The fourth-order valence-corrected chi connectivity index (χ4v) is 3.33. The van der Waals surface area contributed by atoms with Crippen LogP contribution in [0.15, 0.2) is 0 Å². The quantitative estimate of drug-likeness (QED) is 0.699. The van der Waals surface area contributed by atoms with Crippen LogP contribution < -0.4 is 5.32 Å². The largest absolute Gasteiger partial charge is 0.480 e. The number of nitrogens with one attached hydrogen (secondary N) is 1. The summed E-state index contributed by atoms with van der Waals surface area (Å²) in [4.78, 5) is 27.1. The molecule has 21 heavy (non-hydrogen) atoms. The number of likely N-dealkylation sites (tertiary alicyclic amines) is 1. The van der Waals surface area contributed by atoms with Gasteiger partial charge in [0.1, 0.15) is 6.54 Å². The minimum Gasteiger partial charge on any atom is -0.480 e. The number of carboxylic acid groups (broad SMARTS) is 1. The van der Waals surface area contributed by atoms with Gasteiger partial charge in [-0.15, -0.1) is 0 Å². The van der Waals surface area contributed by atoms with Gasteiger partial charge in [-0.25, -0.2) is 4.79 Å². The highest BCUT2D eigenvalue weighted by Crippen LogP contribution is 2.23. The van der Waals surface area contributed by atoms with Gasteiger partial charge in [0.2, 0.25) is 0 Å². The monoisotopic (exact) mass is 297 g/mol. The lowest BCUT2D eigenvalue weighted by molar-refractivity contribution is -0.138. The van der Waals surface area contributed by atoms with Crippen molar-refractivity contribution in [3.63, 3.8) is 0 Å². The molecule has 6 heteroatoms. The summed E-state index contributed by atoms with van der Waals surface area (Å²) in [5.74, 6) is -0.936. The Kier molecular flexibility index (Phi) is 6.29. The van der Waals surface area contributed by atoms with E-state index in [-0.39, 0.29) is 18.6 Å². The molecular formula is C15H27N3O3. The number of aliphatic carboxylic acids is 1. The first-order valence-corrected chi connectivity index (χ1v) is 8.15. The molecule has 6 nitrogen and oxygen atoms in total. The fraction of sp³-hybridized carbons (Fsp3) is 0.867. The van der Waals surface area contributed by atoms with Gasteiger partial charge in [0, 0.05) is 12.6 Å². The molecule has 0 unspecified atom stereocenters. The van der Waals surface area contributed by atoms with Gasteiger partial charge in [0.15, 0.2) is 0 Å². The number of hydrogen-bond acceptors (Lipinski definition) is 3. The molecule has 0 spiro atoms. The van der Waals surface area contributed by atoms with Crippen LogP contribution >= 0.6 is 0 Å². The van der Waals surface area contributed by atoms with Gasteiger partial charge in [-0.05, 0) is 51.7 Å². The molecule has 1 aliphatic carbocycles. The first kappa shape index (κ1) is 16.1. The lowest BCUT2D eigenvalue weighted by Crippen LogP contribution is -2.48. The molecule has 2 N–H and O–H groups in total. The van der Waals surface area contributed by atoms with Gasteiger partial charge >= 0.3 is 12.0 Å². The number of carbonyl (C=O) groups is 2. The Hall–Kier alpha value is -1.30. The van der Waals surface area contributed by atoms with Crippen molar-refractivity contribution in [3.05, 3.63) is 0 Å². The Balaban J connectivity index is 1.70. The van der Waals surface area contributed by atoms with Crippen molar-refractivity contribution in [1.29, 1.82) is 0 Å². The molecule has 0 bridgehead atoms. The molecule has 1 saturated heterocycles. The van der Waals surface area contributed by atoms with Crippen LogP contribution in [-0.4, -0.2) is 65.7 Å². The predicted molar refractivity (Wildman–Crippen MR) is 80.3 cm³/mol. The van der Waals surface area contributed by atoms with Crippen molar-refractivity contribution in [2.45, 2.75) is 51.0 Å². The molecule has 0 aromatic rings. The van der Waals surface area contributed by atoms with Gasteiger partial charge in [0.05, 0.1) is 0 Å². The third kappa shape index (κ3) is 5.19. The van der Waals surface area contributed by atoms with E-state index in [9.17, 15) is 9.59 Å². The van der Waals surface area contributed by atoms with Crippen LogP contribution in [-0.2, 0) is 4.79 Å². The Morgan fingerprint density at radius 3 is 2.43 bits per heavy atom. The Morgan fingerprint density at radius 1 is 1.14 bits per heavy atom. The highest BCUT2D eigenvalue weighted by Gasteiger charge is 2.28. The van der Waals surface area contributed by atoms with Gasteiger partial charge in [0.25, 0.3) is 0 Å². The molecule has 0 aromatic carbocycles. The number of nitrogens with zero attached hydrogens (tertiary/aromatic N) is 2. The van der Waals surface area contributed by atoms with E-state index < -0.39 is 5.97 Å². The van der Waals surface area contributed by atoms with Crippen molar-refractivity contribution >= 4 is 12.0 Å². The van der Waals surface area contributed by atoms with E-state index in [1.165, 1.54) is 30.8 Å². The Morgan fingerprint density at radius 2 is 1.81 bits per heavy atom. The smallest absolute Gasteiger partial charge is 0.323 e. The molecule has 1 aliphatic heterocycles. The molecule has 2 aliphatic rings. The first-order valence-electron chi connectivity index (χ1n) is 8.15. The molecule has 1 saturated carbocycles. The zero-order chi connectivity index (χ0) is 15.1. The molecule has 0 aromatic heterocycles. The minimum atomic E-state index is -0.936. The molecule has 1 heterocycles. The van der Waals surface area contributed by atoms with Gasteiger partial charge in [-0.2, -0.15) is 0 Å². The molecule has 2 fully saturated rings. The number of amides is 2. The second kappa shape index (κ2) is 8.22. The van der Waals surface area contributed by atoms with Gasteiger partial charge < -0.3 is 20.2 Å². The van der Waals surface area contributed by atoms with E-state index in [2.05, 4.69) is 10.2 Å². The van der Waals surface area contributed by atoms with Crippen LogP contribution in [0.2, 0.25) is 0 Å². The third-order valence-corrected chi connectivity index (χ3v) is 4.46. The number of hydrogen-bond donors (Lipinski definition) is 2. The molecule has 120 valence electrons. The lowest BCUT2D eigenvalue weighted by atomic mass is 10.2. The lowest BCUT2D eigenvalue weighted by Gasteiger charge is -2.27. The van der Waals surface area contributed by atoms with Crippen LogP contribution in [0.4, 0.5) is 4.79 Å². The molecular weight excluding hydrogens is 270 g/mol. The second-order valence-electron chi connectivity index (χ2n) is 6.09. The highest BCUT2D eigenvalue weighted by molar-refractivity contribution is 5.80. The van der Waals surface area contributed by atoms with Crippen molar-refractivity contribution in [1.82, 2.24) is 15.1 Å². The maximum absolute atomic E-state index is 12.2. The van der Waals surface area contributed by atoms with E-state index >= 15 is 0 Å². The maximum Gasteiger partial charge on any atom is 0.323 e. The van der Waals surface area contributed by atoms with Crippen molar-refractivity contribution in [3.8, 4) is 0 Å². The number of carboxylic acids is 1. The van der Waals surface area contributed by atoms with E-state index in [0.717, 1.165) is 38.6 Å². The maximum atomic E-state index is 12.2. The standard InChI is InChI=1S/C15H27N3O3/c19-14(20)12-18(13-6-1-2-7-13)15(21)16-8-5-11-17-9-3-4-10-17/h13H,1-12H2,(H,16,21)(H,19,20). The summed E-state index contributed by atoms with van der Waals surface area (Å²) in [5, 5.41) is 11.9. The van der Waals surface area contributed by atoms with Crippen LogP contribution in [0, 0.1) is 0 Å². The van der Waals surface area contributed by atoms with E-state index in [4.69, 9.17) is 5.11 Å². The summed E-state index contributed by atoms with van der Waals surface area (Å²) in [6.07, 6.45) is 7.51. The molecule has 2 rings (SSSR count). The van der Waals surface area contributed by atoms with Gasteiger partial charge in [-0.1, -0.05) is 12.8 Å². The van der Waals surface area contributed by atoms with Crippen LogP contribution in [0.5, 0.6) is 0 Å². The van der Waals surface area contributed by atoms with Crippen LogP contribution in [0.25, 0.3) is 0 Å². The van der Waals surface area contributed by atoms with Crippen molar-refractivity contribution < 1.29 is 14.7 Å². The molecule has 0 atom stereocenters. The molecule has 0 radical (unpaired) electrons. The number of rotatable bonds is 7. The summed E-state index contributed by atoms with van der Waals surface area (Å²) >= 11 is 0. The van der Waals surface area contributed by atoms with Crippen LogP contribution in [0.1, 0.15) is 44.9 Å². The Labute approximate surface area is 126 Å². The van der Waals surface area contributed by atoms with Crippen LogP contribution in [0.3, 0.4) is 0 Å². The van der Waals surface area contributed by atoms with Gasteiger partial charge in [-0.3, -0.25) is 4.79 Å². The summed E-state index contributed by atoms with van der Waals surface area (Å²) < 4.78 is 0. The minimum absolute atomic E-state index is 0.0969. The molecule has 2 amide bonds. The third-order valence-electron chi connectivity index (χ3n) is 4.46. The zero-order valence-corrected chi connectivity index (χ0v) is 12.7. The average Bonchev–Trinajstić information content (AvgIpc) is 3.13. The fourth-order valence-electron chi connectivity index (χ4n) is 3.33. The topological polar surface area (TPSA) is 72.9 Å². The SMILES string of the molecule is O=C(O)CN(C(=O)NCCCN1CCCC1)C1CCCC1. The summed E-state index contributed by atoms with van der Waals surface area (Å²) in [6, 6.07) is -0.120. The van der Waals surface area contributed by atoms with E-state index in [1.54, 1.807) is 0 Å². The zero-order valence-electron chi connectivity index (χ0n) is 12.7. The van der Waals surface area contributed by atoms with E-state index in [1.807, 2.05) is 0 Å².